The van der Waals surface area contributed by atoms with Crippen molar-refractivity contribution in [3.8, 4) is 0 Å². The standard InChI is InChI=1S/C18H17F3N4S/c1-12-10-26-17-15(12)16(22-11-23-17)25-7-5-24(6-8-25)14-4-2-3-13(9-14)18(19,20)21/h2-4,9-11H,5-8H2,1H3. The Hall–Kier alpha value is -2.35. The van der Waals surface area contributed by atoms with Crippen molar-refractivity contribution in [2.45, 2.75) is 13.1 Å². The number of piperazine rings is 1. The quantitative estimate of drug-likeness (QED) is 0.664. The van der Waals surface area contributed by atoms with Crippen molar-refractivity contribution < 1.29 is 13.2 Å². The molecule has 0 saturated carbocycles. The molecule has 3 heterocycles. The molecule has 136 valence electrons. The molecule has 0 unspecified atom stereocenters. The predicted molar refractivity (Wildman–Crippen MR) is 98.0 cm³/mol. The van der Waals surface area contributed by atoms with Crippen LogP contribution in [-0.2, 0) is 6.18 Å². The first-order valence-corrected chi connectivity index (χ1v) is 9.17. The minimum Gasteiger partial charge on any atom is -0.368 e. The van der Waals surface area contributed by atoms with Crippen molar-refractivity contribution in [2.24, 2.45) is 0 Å². The van der Waals surface area contributed by atoms with Gasteiger partial charge in [0.25, 0.3) is 0 Å². The van der Waals surface area contributed by atoms with Crippen molar-refractivity contribution in [3.05, 3.63) is 47.1 Å². The van der Waals surface area contributed by atoms with Crippen LogP contribution in [0.3, 0.4) is 0 Å². The predicted octanol–water partition coefficient (Wildman–Crippen LogP) is 4.35. The lowest BCUT2D eigenvalue weighted by Gasteiger charge is -2.37. The van der Waals surface area contributed by atoms with E-state index in [1.165, 1.54) is 12.1 Å². The van der Waals surface area contributed by atoms with Crippen LogP contribution in [0.25, 0.3) is 10.2 Å². The van der Waals surface area contributed by atoms with Gasteiger partial charge >= 0.3 is 6.18 Å². The molecular formula is C18H17F3N4S. The molecule has 0 aliphatic carbocycles. The van der Waals surface area contributed by atoms with Gasteiger partial charge in [-0.15, -0.1) is 11.3 Å². The first kappa shape index (κ1) is 17.1. The number of hydrogen-bond donors (Lipinski definition) is 0. The zero-order valence-electron chi connectivity index (χ0n) is 14.1. The first-order valence-electron chi connectivity index (χ1n) is 8.29. The number of halogens is 3. The molecule has 0 bridgehead atoms. The fourth-order valence-corrected chi connectivity index (χ4v) is 4.18. The van der Waals surface area contributed by atoms with Gasteiger partial charge in [0.15, 0.2) is 0 Å². The molecule has 1 aliphatic rings. The summed E-state index contributed by atoms with van der Waals surface area (Å²) >= 11 is 1.60. The summed E-state index contributed by atoms with van der Waals surface area (Å²) in [4.78, 5) is 13.9. The fraction of sp³-hybridized carbons (Fsp3) is 0.333. The van der Waals surface area contributed by atoms with Crippen LogP contribution < -0.4 is 9.80 Å². The molecule has 1 aliphatic heterocycles. The topological polar surface area (TPSA) is 32.3 Å². The monoisotopic (exact) mass is 378 g/mol. The number of benzene rings is 1. The van der Waals surface area contributed by atoms with Gasteiger partial charge in [-0.2, -0.15) is 13.2 Å². The summed E-state index contributed by atoms with van der Waals surface area (Å²) in [6.45, 7) is 4.76. The van der Waals surface area contributed by atoms with Crippen LogP contribution in [0.1, 0.15) is 11.1 Å². The minimum absolute atomic E-state index is 0.608. The number of anilines is 2. The molecule has 0 amide bonds. The second-order valence-corrected chi connectivity index (χ2v) is 7.18. The number of fused-ring (bicyclic) bond motifs is 1. The molecule has 1 aromatic carbocycles. The Morgan fingerprint density at radius 2 is 1.77 bits per heavy atom. The SMILES string of the molecule is Cc1csc2ncnc(N3CCN(c4cccc(C(F)(F)F)c4)CC3)c12. The third-order valence-electron chi connectivity index (χ3n) is 4.65. The molecule has 26 heavy (non-hydrogen) atoms. The number of alkyl halides is 3. The lowest BCUT2D eigenvalue weighted by atomic mass is 10.1. The van der Waals surface area contributed by atoms with Gasteiger partial charge in [-0.3, -0.25) is 0 Å². The largest absolute Gasteiger partial charge is 0.416 e. The molecule has 0 spiro atoms. The highest BCUT2D eigenvalue weighted by atomic mass is 32.1. The van der Waals surface area contributed by atoms with Crippen LogP contribution in [0.5, 0.6) is 0 Å². The van der Waals surface area contributed by atoms with E-state index in [0.29, 0.717) is 31.9 Å². The van der Waals surface area contributed by atoms with Crippen LogP contribution in [0.2, 0.25) is 0 Å². The van der Waals surface area contributed by atoms with Gasteiger partial charge in [0.05, 0.1) is 10.9 Å². The smallest absolute Gasteiger partial charge is 0.368 e. The summed E-state index contributed by atoms with van der Waals surface area (Å²) < 4.78 is 38.8. The van der Waals surface area contributed by atoms with Crippen LogP contribution in [0.4, 0.5) is 24.7 Å². The highest BCUT2D eigenvalue weighted by molar-refractivity contribution is 7.17. The highest BCUT2D eigenvalue weighted by Gasteiger charge is 2.31. The third kappa shape index (κ3) is 3.09. The van der Waals surface area contributed by atoms with Crippen LogP contribution in [0, 0.1) is 6.92 Å². The van der Waals surface area contributed by atoms with Gasteiger partial charge in [-0.25, -0.2) is 9.97 Å². The number of rotatable bonds is 2. The Labute approximate surface area is 152 Å². The molecule has 0 N–H and O–H groups in total. The first-order chi connectivity index (χ1) is 12.4. The molecule has 8 heteroatoms. The maximum atomic E-state index is 12.9. The molecular weight excluding hydrogens is 361 g/mol. The van der Waals surface area contributed by atoms with E-state index in [9.17, 15) is 13.2 Å². The summed E-state index contributed by atoms with van der Waals surface area (Å²) in [5.74, 6) is 0.914. The number of aromatic nitrogens is 2. The van der Waals surface area contributed by atoms with E-state index in [4.69, 9.17) is 0 Å². The Morgan fingerprint density at radius 3 is 2.50 bits per heavy atom. The maximum absolute atomic E-state index is 12.9. The lowest BCUT2D eigenvalue weighted by molar-refractivity contribution is -0.137. The fourth-order valence-electron chi connectivity index (χ4n) is 3.29. The van der Waals surface area contributed by atoms with E-state index in [-0.39, 0.29) is 0 Å². The zero-order chi connectivity index (χ0) is 18.3. The number of hydrogen-bond acceptors (Lipinski definition) is 5. The zero-order valence-corrected chi connectivity index (χ0v) is 14.9. The van der Waals surface area contributed by atoms with E-state index in [0.717, 1.165) is 27.7 Å². The van der Waals surface area contributed by atoms with Crippen LogP contribution >= 0.6 is 11.3 Å². The van der Waals surface area contributed by atoms with Crippen molar-refractivity contribution in [2.75, 3.05) is 36.0 Å². The molecule has 2 aromatic heterocycles. The van der Waals surface area contributed by atoms with Gasteiger partial charge in [-0.05, 0) is 36.1 Å². The highest BCUT2D eigenvalue weighted by Crippen LogP contribution is 2.33. The maximum Gasteiger partial charge on any atom is 0.416 e. The Morgan fingerprint density at radius 1 is 1.04 bits per heavy atom. The summed E-state index contributed by atoms with van der Waals surface area (Å²) in [6, 6.07) is 5.53. The van der Waals surface area contributed by atoms with Crippen molar-refractivity contribution in [1.82, 2.24) is 9.97 Å². The van der Waals surface area contributed by atoms with Gasteiger partial charge < -0.3 is 9.80 Å². The van der Waals surface area contributed by atoms with Gasteiger partial charge in [0.1, 0.15) is 17.0 Å². The Kier molecular flexibility index (Phi) is 4.22. The number of thiophene rings is 1. The Balaban J connectivity index is 1.53. The summed E-state index contributed by atoms with van der Waals surface area (Å²) in [5.41, 5.74) is 1.16. The van der Waals surface area contributed by atoms with Crippen molar-refractivity contribution >= 4 is 33.1 Å². The van der Waals surface area contributed by atoms with E-state index in [2.05, 4.69) is 20.2 Å². The van der Waals surface area contributed by atoms with Crippen LogP contribution in [-0.4, -0.2) is 36.1 Å². The van der Waals surface area contributed by atoms with E-state index in [1.807, 2.05) is 11.8 Å². The van der Waals surface area contributed by atoms with Gasteiger partial charge in [-0.1, -0.05) is 6.07 Å². The molecule has 1 saturated heterocycles. The molecule has 3 aromatic rings. The van der Waals surface area contributed by atoms with E-state index < -0.39 is 11.7 Å². The summed E-state index contributed by atoms with van der Waals surface area (Å²) in [5, 5.41) is 3.15. The molecule has 0 atom stereocenters. The summed E-state index contributed by atoms with van der Waals surface area (Å²) in [7, 11) is 0. The number of nitrogens with zero attached hydrogens (tertiary/aromatic N) is 4. The molecule has 0 radical (unpaired) electrons. The minimum atomic E-state index is -4.32. The summed E-state index contributed by atoms with van der Waals surface area (Å²) in [6.07, 6.45) is -2.74. The molecule has 4 rings (SSSR count). The van der Waals surface area contributed by atoms with Crippen LogP contribution in [0.15, 0.2) is 36.0 Å². The normalized spacial score (nSPS) is 15.7. The van der Waals surface area contributed by atoms with Gasteiger partial charge in [0.2, 0.25) is 0 Å². The number of aryl methyl sites for hydroxylation is 1. The lowest BCUT2D eigenvalue weighted by Crippen LogP contribution is -2.47. The Bertz CT molecular complexity index is 930. The van der Waals surface area contributed by atoms with E-state index >= 15 is 0 Å². The van der Waals surface area contributed by atoms with Gasteiger partial charge in [0, 0.05) is 31.9 Å². The van der Waals surface area contributed by atoms with E-state index in [1.54, 1.807) is 23.7 Å². The third-order valence-corrected chi connectivity index (χ3v) is 5.66. The van der Waals surface area contributed by atoms with Crippen molar-refractivity contribution in [3.63, 3.8) is 0 Å². The average molecular weight is 378 g/mol. The molecule has 4 nitrogen and oxygen atoms in total. The molecule has 1 fully saturated rings. The average Bonchev–Trinajstić information content (AvgIpc) is 3.03. The van der Waals surface area contributed by atoms with Crippen molar-refractivity contribution in [1.29, 1.82) is 0 Å². The second-order valence-electron chi connectivity index (χ2n) is 6.32. The second kappa shape index (κ2) is 6.42.